The third-order valence-corrected chi connectivity index (χ3v) is 3.09. The summed E-state index contributed by atoms with van der Waals surface area (Å²) in [5.41, 5.74) is 0. The molecule has 0 radical (unpaired) electrons. The summed E-state index contributed by atoms with van der Waals surface area (Å²) in [5, 5.41) is 12.2. The van der Waals surface area contributed by atoms with Gasteiger partial charge in [-0.25, -0.2) is 0 Å². The molecule has 0 aromatic rings. The molecule has 0 aromatic carbocycles. The van der Waals surface area contributed by atoms with Crippen molar-refractivity contribution in [2.45, 2.75) is 39.3 Å². The lowest BCUT2D eigenvalue weighted by atomic mass is 10.2. The Morgan fingerprint density at radius 1 is 1.17 bits per heavy atom. The zero-order valence-electron chi connectivity index (χ0n) is 11.9. The molecule has 1 fully saturated rings. The van der Waals surface area contributed by atoms with Crippen molar-refractivity contribution in [1.29, 1.82) is 0 Å². The number of carbonyl (C=O) groups is 1. The van der Waals surface area contributed by atoms with Crippen LogP contribution in [0, 0.1) is 0 Å². The molecule has 1 aliphatic heterocycles. The Morgan fingerprint density at radius 3 is 2.22 bits per heavy atom. The second kappa shape index (κ2) is 7.71. The van der Waals surface area contributed by atoms with Gasteiger partial charge in [0.15, 0.2) is 0 Å². The monoisotopic (exact) mass is 257 g/mol. The van der Waals surface area contributed by atoms with Crippen molar-refractivity contribution < 1.29 is 9.90 Å². The first kappa shape index (κ1) is 15.4. The van der Waals surface area contributed by atoms with Gasteiger partial charge < -0.3 is 15.3 Å². The summed E-state index contributed by atoms with van der Waals surface area (Å²) in [5.74, 6) is 0.136. The summed E-state index contributed by atoms with van der Waals surface area (Å²) in [6.45, 7) is 11.3. The molecule has 0 saturated carbocycles. The van der Waals surface area contributed by atoms with E-state index >= 15 is 0 Å². The van der Waals surface area contributed by atoms with E-state index in [1.165, 1.54) is 0 Å². The molecule has 5 nitrogen and oxygen atoms in total. The maximum atomic E-state index is 11.5. The zero-order valence-corrected chi connectivity index (χ0v) is 11.9. The van der Waals surface area contributed by atoms with E-state index in [9.17, 15) is 9.90 Å². The fourth-order valence-electron chi connectivity index (χ4n) is 2.22. The number of carbonyl (C=O) groups excluding carboxylic acids is 1. The molecule has 2 N–H and O–H groups in total. The van der Waals surface area contributed by atoms with Crippen LogP contribution < -0.4 is 5.32 Å². The first-order valence-electron chi connectivity index (χ1n) is 6.89. The molecule has 106 valence electrons. The van der Waals surface area contributed by atoms with E-state index in [1.54, 1.807) is 0 Å². The number of aliphatic hydroxyl groups is 1. The average molecular weight is 257 g/mol. The van der Waals surface area contributed by atoms with Crippen LogP contribution in [-0.4, -0.2) is 72.2 Å². The van der Waals surface area contributed by atoms with Crippen LogP contribution in [0.3, 0.4) is 0 Å². The SMILES string of the molecule is CC(C)NC(=O)CCN1CCN(C[C@H](C)O)CC1. The minimum atomic E-state index is -0.256. The molecule has 0 spiro atoms. The van der Waals surface area contributed by atoms with Crippen molar-refractivity contribution in [3.63, 3.8) is 0 Å². The topological polar surface area (TPSA) is 55.8 Å². The van der Waals surface area contributed by atoms with Crippen LogP contribution in [0.5, 0.6) is 0 Å². The van der Waals surface area contributed by atoms with E-state index in [-0.39, 0.29) is 18.1 Å². The van der Waals surface area contributed by atoms with Gasteiger partial charge in [0, 0.05) is 51.7 Å². The third-order valence-electron chi connectivity index (χ3n) is 3.09. The summed E-state index contributed by atoms with van der Waals surface area (Å²) in [4.78, 5) is 16.1. The highest BCUT2D eigenvalue weighted by molar-refractivity contribution is 5.76. The molecule has 1 rings (SSSR count). The van der Waals surface area contributed by atoms with Crippen LogP contribution >= 0.6 is 0 Å². The van der Waals surface area contributed by atoms with Crippen LogP contribution in [0.4, 0.5) is 0 Å². The first-order chi connectivity index (χ1) is 8.47. The van der Waals surface area contributed by atoms with Crippen LogP contribution in [-0.2, 0) is 4.79 Å². The fraction of sp³-hybridized carbons (Fsp3) is 0.923. The lowest BCUT2D eigenvalue weighted by Crippen LogP contribution is -2.49. The Balaban J connectivity index is 2.14. The average Bonchev–Trinajstić information content (AvgIpc) is 2.26. The largest absolute Gasteiger partial charge is 0.392 e. The molecule has 1 atom stereocenters. The maximum Gasteiger partial charge on any atom is 0.221 e. The van der Waals surface area contributed by atoms with E-state index < -0.39 is 0 Å². The van der Waals surface area contributed by atoms with E-state index in [2.05, 4.69) is 15.1 Å². The molecular weight excluding hydrogens is 230 g/mol. The smallest absolute Gasteiger partial charge is 0.221 e. The van der Waals surface area contributed by atoms with Crippen LogP contribution in [0.25, 0.3) is 0 Å². The van der Waals surface area contributed by atoms with Gasteiger partial charge in [0.05, 0.1) is 6.10 Å². The van der Waals surface area contributed by atoms with Gasteiger partial charge in [0.1, 0.15) is 0 Å². The van der Waals surface area contributed by atoms with Crippen LogP contribution in [0.1, 0.15) is 27.2 Å². The lowest BCUT2D eigenvalue weighted by Gasteiger charge is -2.35. The molecule has 1 aliphatic rings. The summed E-state index contributed by atoms with van der Waals surface area (Å²) in [6.07, 6.45) is 0.322. The number of hydrogen-bond donors (Lipinski definition) is 2. The molecule has 0 bridgehead atoms. The highest BCUT2D eigenvalue weighted by Crippen LogP contribution is 2.03. The number of amides is 1. The van der Waals surface area contributed by atoms with Gasteiger partial charge in [0.2, 0.25) is 5.91 Å². The Bertz CT molecular complexity index is 249. The van der Waals surface area contributed by atoms with E-state index in [1.807, 2.05) is 20.8 Å². The van der Waals surface area contributed by atoms with Crippen molar-refractivity contribution in [3.8, 4) is 0 Å². The standard InChI is InChI=1S/C13H27N3O2/c1-11(2)14-13(18)4-5-15-6-8-16(9-7-15)10-12(3)17/h11-12,17H,4-10H2,1-3H3,(H,14,18)/t12-/m0/s1. The second-order valence-corrected chi connectivity index (χ2v) is 5.46. The summed E-state index contributed by atoms with van der Waals surface area (Å²) in [6, 6.07) is 0.223. The van der Waals surface area contributed by atoms with E-state index in [4.69, 9.17) is 0 Å². The van der Waals surface area contributed by atoms with E-state index in [0.29, 0.717) is 6.42 Å². The molecule has 0 aliphatic carbocycles. The van der Waals surface area contributed by atoms with Gasteiger partial charge >= 0.3 is 0 Å². The highest BCUT2D eigenvalue weighted by Gasteiger charge is 2.18. The summed E-state index contributed by atoms with van der Waals surface area (Å²) >= 11 is 0. The lowest BCUT2D eigenvalue weighted by molar-refractivity contribution is -0.122. The number of nitrogens with one attached hydrogen (secondary N) is 1. The minimum Gasteiger partial charge on any atom is -0.392 e. The summed E-state index contributed by atoms with van der Waals surface area (Å²) < 4.78 is 0. The van der Waals surface area contributed by atoms with Crippen LogP contribution in [0.15, 0.2) is 0 Å². The number of piperazine rings is 1. The molecule has 1 saturated heterocycles. The van der Waals surface area contributed by atoms with Gasteiger partial charge in [-0.2, -0.15) is 0 Å². The zero-order chi connectivity index (χ0) is 13.5. The quantitative estimate of drug-likeness (QED) is 0.698. The molecular formula is C13H27N3O2. The Hall–Kier alpha value is -0.650. The van der Waals surface area contributed by atoms with Gasteiger partial charge in [-0.05, 0) is 20.8 Å². The van der Waals surface area contributed by atoms with Crippen molar-refractivity contribution in [2.75, 3.05) is 39.3 Å². The van der Waals surface area contributed by atoms with Gasteiger partial charge in [-0.15, -0.1) is 0 Å². The van der Waals surface area contributed by atoms with E-state index in [0.717, 1.165) is 39.3 Å². The number of β-amino-alcohol motifs (C(OH)–C–C–N with tert-alkyl or cyclic N) is 1. The number of hydrogen-bond acceptors (Lipinski definition) is 4. The van der Waals surface area contributed by atoms with Gasteiger partial charge in [-0.1, -0.05) is 0 Å². The third kappa shape index (κ3) is 6.33. The van der Waals surface area contributed by atoms with Crippen molar-refractivity contribution in [2.24, 2.45) is 0 Å². The minimum absolute atomic E-state index is 0.136. The predicted octanol–water partition coefficient (Wildman–Crippen LogP) is -0.100. The Labute approximate surface area is 110 Å². The number of aliphatic hydroxyl groups excluding tert-OH is 1. The van der Waals surface area contributed by atoms with Crippen molar-refractivity contribution in [3.05, 3.63) is 0 Å². The Kier molecular flexibility index (Phi) is 6.60. The molecule has 1 heterocycles. The Morgan fingerprint density at radius 2 is 1.72 bits per heavy atom. The fourth-order valence-corrected chi connectivity index (χ4v) is 2.22. The highest BCUT2D eigenvalue weighted by atomic mass is 16.3. The van der Waals surface area contributed by atoms with Crippen molar-refractivity contribution >= 4 is 5.91 Å². The van der Waals surface area contributed by atoms with Gasteiger partial charge in [0.25, 0.3) is 0 Å². The molecule has 5 heteroatoms. The molecule has 0 unspecified atom stereocenters. The predicted molar refractivity (Wildman–Crippen MR) is 72.5 cm³/mol. The molecule has 18 heavy (non-hydrogen) atoms. The summed E-state index contributed by atoms with van der Waals surface area (Å²) in [7, 11) is 0. The number of rotatable bonds is 6. The second-order valence-electron chi connectivity index (χ2n) is 5.46. The number of nitrogens with zero attached hydrogens (tertiary/aromatic N) is 2. The molecule has 0 aromatic heterocycles. The normalized spacial score (nSPS) is 20.1. The maximum absolute atomic E-state index is 11.5. The van der Waals surface area contributed by atoms with Crippen LogP contribution in [0.2, 0.25) is 0 Å². The first-order valence-corrected chi connectivity index (χ1v) is 6.89. The molecule has 1 amide bonds. The van der Waals surface area contributed by atoms with Crippen molar-refractivity contribution in [1.82, 2.24) is 15.1 Å². The van der Waals surface area contributed by atoms with Gasteiger partial charge in [-0.3, -0.25) is 9.69 Å².